The Morgan fingerprint density at radius 3 is 2.67 bits per heavy atom. The summed E-state index contributed by atoms with van der Waals surface area (Å²) in [6.07, 6.45) is 3.10. The molecule has 18 heavy (non-hydrogen) atoms. The number of hydrogen-bond acceptors (Lipinski definition) is 4. The number of hydrogen-bond donors (Lipinski definition) is 1. The highest BCUT2D eigenvalue weighted by molar-refractivity contribution is 5.83. The number of H-pyrrole nitrogens is 1. The first kappa shape index (κ1) is 13.8. The summed E-state index contributed by atoms with van der Waals surface area (Å²) >= 11 is 0. The minimum Gasteiger partial charge on any atom is -0.344 e. The van der Waals surface area contributed by atoms with Crippen molar-refractivity contribution in [1.29, 1.82) is 0 Å². The fraction of sp³-hybridized carbons (Fsp3) is 0.308. The lowest BCUT2D eigenvalue weighted by atomic mass is 10.1. The van der Waals surface area contributed by atoms with Crippen molar-refractivity contribution in [3.05, 3.63) is 29.6 Å². The van der Waals surface area contributed by atoms with Crippen molar-refractivity contribution in [2.24, 2.45) is 0 Å². The summed E-state index contributed by atoms with van der Waals surface area (Å²) in [6, 6.07) is 4.07. The number of Topliss-reactive ketones (excluding diaryl/α,β-unsaturated/α-hetero) is 1. The van der Waals surface area contributed by atoms with E-state index in [2.05, 4.69) is 9.97 Å². The Labute approximate surface area is 104 Å². The summed E-state index contributed by atoms with van der Waals surface area (Å²) < 4.78 is 0. The Bertz CT molecular complexity index is 581. The van der Waals surface area contributed by atoms with E-state index >= 15 is 0 Å². The monoisotopic (exact) mass is 246 g/mol. The van der Waals surface area contributed by atoms with Gasteiger partial charge < -0.3 is 4.98 Å². The third kappa shape index (κ3) is 3.64. The molecule has 0 saturated carbocycles. The summed E-state index contributed by atoms with van der Waals surface area (Å²) in [5, 5.41) is 1.08. The van der Waals surface area contributed by atoms with Crippen LogP contribution in [0.1, 0.15) is 24.6 Å². The minimum atomic E-state index is 0.250. The summed E-state index contributed by atoms with van der Waals surface area (Å²) in [7, 11) is 0. The Hall–Kier alpha value is -2.26. The first-order chi connectivity index (χ1) is 8.60. The highest BCUT2D eigenvalue weighted by Crippen LogP contribution is 2.14. The molecule has 0 unspecified atom stereocenters. The molecule has 5 nitrogen and oxygen atoms in total. The number of carbonyl (C=O) groups excluding carboxylic acids is 3. The minimum absolute atomic E-state index is 0.250. The summed E-state index contributed by atoms with van der Waals surface area (Å²) in [5.41, 5.74) is 2.98. The van der Waals surface area contributed by atoms with Crippen LogP contribution in [-0.2, 0) is 20.8 Å². The number of nitrogens with zero attached hydrogens (tertiary/aromatic N) is 1. The number of rotatable bonds is 3. The Morgan fingerprint density at radius 2 is 2.06 bits per heavy atom. The quantitative estimate of drug-likeness (QED) is 0.895. The first-order valence-electron chi connectivity index (χ1n) is 5.56. The van der Waals surface area contributed by atoms with Crippen LogP contribution in [0.2, 0.25) is 0 Å². The molecule has 5 heteroatoms. The van der Waals surface area contributed by atoms with Gasteiger partial charge in [-0.1, -0.05) is 6.92 Å². The lowest BCUT2D eigenvalue weighted by Crippen LogP contribution is -2.00. The van der Waals surface area contributed by atoms with Gasteiger partial charge in [0.2, 0.25) is 0 Å². The zero-order valence-corrected chi connectivity index (χ0v) is 10.3. The maximum atomic E-state index is 11.3. The second kappa shape index (κ2) is 6.47. The molecule has 0 aliphatic heterocycles. The van der Waals surface area contributed by atoms with Gasteiger partial charge in [0.1, 0.15) is 11.4 Å². The van der Waals surface area contributed by atoms with E-state index in [4.69, 9.17) is 9.59 Å². The first-order valence-corrected chi connectivity index (χ1v) is 5.56. The molecule has 0 spiro atoms. The van der Waals surface area contributed by atoms with Crippen molar-refractivity contribution in [2.45, 2.75) is 26.7 Å². The van der Waals surface area contributed by atoms with Crippen molar-refractivity contribution in [1.82, 2.24) is 9.97 Å². The van der Waals surface area contributed by atoms with Gasteiger partial charge >= 0.3 is 6.15 Å². The molecule has 1 N–H and O–H groups in total. The molecule has 2 aromatic rings. The number of nitrogens with one attached hydrogen (secondary N) is 1. The fourth-order valence-corrected chi connectivity index (χ4v) is 1.65. The van der Waals surface area contributed by atoms with Crippen molar-refractivity contribution >= 4 is 23.0 Å². The normalized spacial score (nSPS) is 9.44. The Balaban J connectivity index is 0.000000492. The smallest absolute Gasteiger partial charge is 0.344 e. The van der Waals surface area contributed by atoms with Crippen LogP contribution in [0.3, 0.4) is 0 Å². The summed E-state index contributed by atoms with van der Waals surface area (Å²) in [6.45, 7) is 3.88. The zero-order valence-electron chi connectivity index (χ0n) is 10.3. The molecule has 0 amide bonds. The molecule has 0 radical (unpaired) electrons. The van der Waals surface area contributed by atoms with Crippen LogP contribution >= 0.6 is 0 Å². The van der Waals surface area contributed by atoms with Crippen molar-refractivity contribution in [2.75, 3.05) is 0 Å². The molecule has 0 aliphatic carbocycles. The van der Waals surface area contributed by atoms with Gasteiger partial charge in [0.15, 0.2) is 0 Å². The third-order valence-electron chi connectivity index (χ3n) is 2.46. The van der Waals surface area contributed by atoms with Crippen molar-refractivity contribution < 1.29 is 14.4 Å². The van der Waals surface area contributed by atoms with Gasteiger partial charge in [0, 0.05) is 30.1 Å². The van der Waals surface area contributed by atoms with Crippen LogP contribution < -0.4 is 0 Å². The predicted octanol–water partition coefficient (Wildman–Crippen LogP) is 1.81. The molecule has 0 saturated heterocycles. The average molecular weight is 246 g/mol. The van der Waals surface area contributed by atoms with Crippen LogP contribution in [0.5, 0.6) is 0 Å². The maximum Gasteiger partial charge on any atom is 0.373 e. The number of carbonyl (C=O) groups is 1. The van der Waals surface area contributed by atoms with Gasteiger partial charge in [-0.05, 0) is 24.6 Å². The molecule has 2 aromatic heterocycles. The highest BCUT2D eigenvalue weighted by Gasteiger charge is 2.04. The molecule has 0 fully saturated rings. The summed E-state index contributed by atoms with van der Waals surface area (Å²) in [5.74, 6) is 0.253. The fourth-order valence-electron chi connectivity index (χ4n) is 1.65. The van der Waals surface area contributed by atoms with Crippen molar-refractivity contribution in [3.8, 4) is 0 Å². The van der Waals surface area contributed by atoms with Crippen LogP contribution in [-0.4, -0.2) is 21.9 Å². The van der Waals surface area contributed by atoms with Crippen LogP contribution in [0.4, 0.5) is 0 Å². The summed E-state index contributed by atoms with van der Waals surface area (Å²) in [4.78, 5) is 35.0. The molecular weight excluding hydrogens is 232 g/mol. The van der Waals surface area contributed by atoms with Crippen LogP contribution in [0.15, 0.2) is 18.3 Å². The van der Waals surface area contributed by atoms with Crippen LogP contribution in [0.25, 0.3) is 11.0 Å². The second-order valence-corrected chi connectivity index (χ2v) is 3.89. The number of aromatic nitrogens is 2. The molecular formula is C13H14N2O3. The molecule has 2 rings (SSSR count). The zero-order chi connectivity index (χ0) is 13.5. The van der Waals surface area contributed by atoms with Crippen LogP contribution in [0, 0.1) is 6.92 Å². The SMILES string of the molecule is CCC(=O)Cc1cnc2[nH]c(C)cc2c1.O=C=O. The lowest BCUT2D eigenvalue weighted by molar-refractivity contribution is -0.191. The molecule has 0 atom stereocenters. The Morgan fingerprint density at radius 1 is 1.39 bits per heavy atom. The van der Waals surface area contributed by atoms with E-state index in [1.807, 2.05) is 26.0 Å². The Kier molecular flexibility index (Phi) is 4.96. The largest absolute Gasteiger partial charge is 0.373 e. The van der Waals surface area contributed by atoms with E-state index < -0.39 is 0 Å². The topological polar surface area (TPSA) is 79.9 Å². The number of aromatic amines is 1. The molecule has 2 heterocycles. The highest BCUT2D eigenvalue weighted by atomic mass is 16.2. The van der Waals surface area contributed by atoms with E-state index in [1.165, 1.54) is 0 Å². The van der Waals surface area contributed by atoms with Gasteiger partial charge in [-0.15, -0.1) is 0 Å². The van der Waals surface area contributed by atoms with E-state index in [-0.39, 0.29) is 11.9 Å². The van der Waals surface area contributed by atoms with Gasteiger partial charge in [-0.25, -0.2) is 4.98 Å². The third-order valence-corrected chi connectivity index (χ3v) is 2.46. The maximum absolute atomic E-state index is 11.3. The van der Waals surface area contributed by atoms with Crippen molar-refractivity contribution in [3.63, 3.8) is 0 Å². The predicted molar refractivity (Wildman–Crippen MR) is 64.8 cm³/mol. The van der Waals surface area contributed by atoms with Gasteiger partial charge in [-0.2, -0.15) is 9.59 Å². The average Bonchev–Trinajstić information content (AvgIpc) is 2.69. The molecule has 94 valence electrons. The number of aryl methyl sites for hydroxylation is 1. The second-order valence-electron chi connectivity index (χ2n) is 3.89. The van der Waals surface area contributed by atoms with E-state index in [9.17, 15) is 4.79 Å². The molecule has 0 bridgehead atoms. The van der Waals surface area contributed by atoms with Gasteiger partial charge in [0.25, 0.3) is 0 Å². The van der Waals surface area contributed by atoms with Gasteiger partial charge in [-0.3, -0.25) is 4.79 Å². The van der Waals surface area contributed by atoms with E-state index in [0.717, 1.165) is 22.3 Å². The number of ketones is 1. The van der Waals surface area contributed by atoms with E-state index in [0.29, 0.717) is 12.8 Å². The number of fused-ring (bicyclic) bond motifs is 1. The standard InChI is InChI=1S/C12H14N2O.CO2/c1-3-11(15)6-9-5-10-4-8(2)14-12(10)13-7-9;2-1-3/h4-5,7H,3,6H2,1-2H3,(H,13,14);. The van der Waals surface area contributed by atoms with E-state index in [1.54, 1.807) is 6.20 Å². The molecule has 0 aliphatic rings. The lowest BCUT2D eigenvalue weighted by Gasteiger charge is -1.98. The number of pyridine rings is 1. The molecule has 0 aromatic carbocycles. The van der Waals surface area contributed by atoms with Gasteiger partial charge in [0.05, 0.1) is 0 Å².